The molecule has 1 heterocycles. The van der Waals surface area contributed by atoms with Gasteiger partial charge in [0.15, 0.2) is 0 Å². The highest BCUT2D eigenvalue weighted by Gasteiger charge is 2.31. The normalized spacial score (nSPS) is 27.8. The molecule has 74 valence electrons. The van der Waals surface area contributed by atoms with Crippen LogP contribution in [0.2, 0.25) is 0 Å². The van der Waals surface area contributed by atoms with Gasteiger partial charge in [-0.25, -0.2) is 0 Å². The Labute approximate surface area is 79.1 Å². The van der Waals surface area contributed by atoms with Crippen LogP contribution in [0.25, 0.3) is 0 Å². The van der Waals surface area contributed by atoms with Gasteiger partial charge in [0.2, 0.25) is 0 Å². The molecule has 0 atom stereocenters. The fourth-order valence-electron chi connectivity index (χ4n) is 1.74. The van der Waals surface area contributed by atoms with Crippen LogP contribution >= 0.6 is 0 Å². The lowest BCUT2D eigenvalue weighted by molar-refractivity contribution is -0.0582. The highest BCUT2D eigenvalue weighted by atomic mass is 16.6. The Balaban J connectivity index is 1.71. The molecule has 0 aromatic carbocycles. The zero-order chi connectivity index (χ0) is 9.15. The first-order valence-corrected chi connectivity index (χ1v) is 5.07. The number of ether oxygens (including phenoxy) is 1. The Bertz CT molecular complexity index is 193. The van der Waals surface area contributed by atoms with Gasteiger partial charge in [0.1, 0.15) is 6.10 Å². The summed E-state index contributed by atoms with van der Waals surface area (Å²) < 4.78 is 5.11. The predicted molar refractivity (Wildman–Crippen MR) is 50.8 cm³/mol. The summed E-state index contributed by atoms with van der Waals surface area (Å²) in [6, 6.07) is 0. The third-order valence-electron chi connectivity index (χ3n) is 2.74. The van der Waals surface area contributed by atoms with Crippen LogP contribution in [0.3, 0.4) is 0 Å². The molecule has 2 aliphatic rings. The minimum Gasteiger partial charge on any atom is -0.393 e. The highest BCUT2D eigenvalue weighted by Crippen LogP contribution is 2.25. The van der Waals surface area contributed by atoms with Crippen molar-refractivity contribution in [3.63, 3.8) is 0 Å². The molecule has 0 amide bonds. The Morgan fingerprint density at radius 2 is 2.08 bits per heavy atom. The van der Waals surface area contributed by atoms with Gasteiger partial charge in [-0.1, -0.05) is 12.1 Å². The van der Waals surface area contributed by atoms with Crippen LogP contribution in [0.1, 0.15) is 32.6 Å². The van der Waals surface area contributed by atoms with Crippen molar-refractivity contribution in [1.82, 2.24) is 0 Å². The lowest BCUT2D eigenvalue weighted by atomic mass is 9.91. The van der Waals surface area contributed by atoms with E-state index in [0.717, 1.165) is 13.2 Å². The van der Waals surface area contributed by atoms with Gasteiger partial charge in [-0.3, -0.25) is 0 Å². The van der Waals surface area contributed by atoms with E-state index < -0.39 is 0 Å². The van der Waals surface area contributed by atoms with Crippen LogP contribution in [0.4, 0.5) is 0 Å². The van der Waals surface area contributed by atoms with Crippen molar-refractivity contribution in [2.24, 2.45) is 10.6 Å². The summed E-state index contributed by atoms with van der Waals surface area (Å²) in [4.78, 5) is 5.39. The summed E-state index contributed by atoms with van der Waals surface area (Å²) >= 11 is 0. The van der Waals surface area contributed by atoms with Crippen LogP contribution in [0.5, 0.6) is 0 Å². The molecule has 1 aliphatic carbocycles. The largest absolute Gasteiger partial charge is 0.393 e. The topological polar surface area (TPSA) is 30.8 Å². The molecule has 0 radical (unpaired) electrons. The molecule has 0 bridgehead atoms. The Morgan fingerprint density at radius 1 is 1.38 bits per heavy atom. The standard InChI is InChI=1S/C10H17NO2/c1-10(7-12-8-10)6-11-13-9-4-2-3-5-9/h6,9H,2-5,7-8H2,1H3/b11-6+. The third kappa shape index (κ3) is 2.21. The molecule has 3 nitrogen and oxygen atoms in total. The predicted octanol–water partition coefficient (Wildman–Crippen LogP) is 1.97. The first-order chi connectivity index (χ1) is 6.29. The minimum absolute atomic E-state index is 0.138. The van der Waals surface area contributed by atoms with Crippen molar-refractivity contribution in [3.8, 4) is 0 Å². The van der Waals surface area contributed by atoms with Crippen molar-refractivity contribution >= 4 is 6.21 Å². The van der Waals surface area contributed by atoms with Gasteiger partial charge in [-0.05, 0) is 25.7 Å². The van der Waals surface area contributed by atoms with E-state index in [9.17, 15) is 0 Å². The SMILES string of the molecule is CC1(/C=N/OC2CCCC2)COC1. The average Bonchev–Trinajstić information content (AvgIpc) is 2.54. The first-order valence-electron chi connectivity index (χ1n) is 5.07. The molecule has 0 aromatic rings. The number of hydrogen-bond acceptors (Lipinski definition) is 3. The van der Waals surface area contributed by atoms with Gasteiger partial charge in [-0.2, -0.15) is 0 Å². The number of hydrogen-bond donors (Lipinski definition) is 0. The molecular formula is C10H17NO2. The van der Waals surface area contributed by atoms with Crippen molar-refractivity contribution in [3.05, 3.63) is 0 Å². The Morgan fingerprint density at radius 3 is 2.62 bits per heavy atom. The molecule has 2 fully saturated rings. The molecule has 0 spiro atoms. The highest BCUT2D eigenvalue weighted by molar-refractivity contribution is 5.65. The van der Waals surface area contributed by atoms with Crippen LogP contribution in [-0.4, -0.2) is 25.5 Å². The van der Waals surface area contributed by atoms with E-state index in [1.807, 2.05) is 6.21 Å². The summed E-state index contributed by atoms with van der Waals surface area (Å²) in [6.45, 7) is 3.70. The molecule has 0 N–H and O–H groups in total. The average molecular weight is 183 g/mol. The van der Waals surface area contributed by atoms with Gasteiger partial charge in [0.05, 0.1) is 24.8 Å². The first kappa shape index (κ1) is 9.00. The number of nitrogens with zero attached hydrogens (tertiary/aromatic N) is 1. The molecule has 1 saturated heterocycles. The van der Waals surface area contributed by atoms with Crippen LogP contribution in [0, 0.1) is 5.41 Å². The van der Waals surface area contributed by atoms with Crippen LogP contribution in [0.15, 0.2) is 5.16 Å². The third-order valence-corrected chi connectivity index (χ3v) is 2.74. The van der Waals surface area contributed by atoms with E-state index in [-0.39, 0.29) is 5.41 Å². The smallest absolute Gasteiger partial charge is 0.127 e. The summed E-state index contributed by atoms with van der Waals surface area (Å²) in [5.74, 6) is 0. The molecule has 0 aromatic heterocycles. The molecule has 2 rings (SSSR count). The fourth-order valence-corrected chi connectivity index (χ4v) is 1.74. The monoisotopic (exact) mass is 183 g/mol. The quantitative estimate of drug-likeness (QED) is 0.494. The Kier molecular flexibility index (Phi) is 2.54. The number of rotatable bonds is 3. The van der Waals surface area contributed by atoms with E-state index >= 15 is 0 Å². The van der Waals surface area contributed by atoms with Gasteiger partial charge in [0, 0.05) is 0 Å². The van der Waals surface area contributed by atoms with Crippen molar-refractivity contribution in [1.29, 1.82) is 0 Å². The Hall–Kier alpha value is -0.570. The zero-order valence-corrected chi connectivity index (χ0v) is 8.16. The van der Waals surface area contributed by atoms with E-state index in [1.54, 1.807) is 0 Å². The summed E-state index contributed by atoms with van der Waals surface area (Å²) in [7, 11) is 0. The van der Waals surface area contributed by atoms with Crippen molar-refractivity contribution in [2.45, 2.75) is 38.7 Å². The summed E-state index contributed by atoms with van der Waals surface area (Å²) in [5, 5.41) is 4.04. The summed E-state index contributed by atoms with van der Waals surface area (Å²) in [5.41, 5.74) is 0.138. The van der Waals surface area contributed by atoms with Crippen molar-refractivity contribution < 1.29 is 9.57 Å². The second-order valence-corrected chi connectivity index (χ2v) is 4.39. The maximum Gasteiger partial charge on any atom is 0.127 e. The molecular weight excluding hydrogens is 166 g/mol. The van der Waals surface area contributed by atoms with E-state index in [4.69, 9.17) is 9.57 Å². The second-order valence-electron chi connectivity index (χ2n) is 4.39. The minimum atomic E-state index is 0.138. The molecule has 13 heavy (non-hydrogen) atoms. The zero-order valence-electron chi connectivity index (χ0n) is 8.16. The van der Waals surface area contributed by atoms with Gasteiger partial charge < -0.3 is 9.57 Å². The molecule has 0 unspecified atom stereocenters. The molecule has 1 aliphatic heterocycles. The van der Waals surface area contributed by atoms with Gasteiger partial charge >= 0.3 is 0 Å². The van der Waals surface area contributed by atoms with Gasteiger partial charge in [-0.15, -0.1) is 0 Å². The summed E-state index contributed by atoms with van der Waals surface area (Å²) in [6.07, 6.45) is 7.20. The molecule has 3 heteroatoms. The fraction of sp³-hybridized carbons (Fsp3) is 0.900. The molecule has 1 saturated carbocycles. The lowest BCUT2D eigenvalue weighted by Gasteiger charge is -2.33. The van der Waals surface area contributed by atoms with E-state index in [1.165, 1.54) is 25.7 Å². The maximum atomic E-state index is 5.39. The second kappa shape index (κ2) is 3.66. The maximum absolute atomic E-state index is 5.39. The lowest BCUT2D eigenvalue weighted by Crippen LogP contribution is -2.41. The van der Waals surface area contributed by atoms with E-state index in [2.05, 4.69) is 12.1 Å². The van der Waals surface area contributed by atoms with Crippen LogP contribution < -0.4 is 0 Å². The van der Waals surface area contributed by atoms with Crippen molar-refractivity contribution in [2.75, 3.05) is 13.2 Å². The number of oxime groups is 1. The van der Waals surface area contributed by atoms with E-state index in [0.29, 0.717) is 6.10 Å². The van der Waals surface area contributed by atoms with Gasteiger partial charge in [0.25, 0.3) is 0 Å². The van der Waals surface area contributed by atoms with Crippen LogP contribution in [-0.2, 0) is 9.57 Å².